The Hall–Kier alpha value is -3.46. The highest BCUT2D eigenvalue weighted by Crippen LogP contribution is 2.40. The summed E-state index contributed by atoms with van der Waals surface area (Å²) in [5.41, 5.74) is 10.5. The molecule has 2 aromatic rings. The number of rotatable bonds is 12. The maximum atomic E-state index is 13.3. The molecule has 1 aliphatic rings. The van der Waals surface area contributed by atoms with Crippen LogP contribution in [0.4, 0.5) is 0 Å². The van der Waals surface area contributed by atoms with Gasteiger partial charge in [-0.2, -0.15) is 8.42 Å². The number of amides is 2. The number of aliphatic imine (C=N–C) groups is 1. The van der Waals surface area contributed by atoms with Crippen LogP contribution in [0, 0.1) is 5.41 Å². The summed E-state index contributed by atoms with van der Waals surface area (Å²) in [6.45, 7) is 0.816. The second-order valence-electron chi connectivity index (χ2n) is 9.98. The maximum Gasteiger partial charge on any atom is 0.475 e. The summed E-state index contributed by atoms with van der Waals surface area (Å²) in [6.07, 6.45) is 3.90. The van der Waals surface area contributed by atoms with E-state index in [-0.39, 0.29) is 23.2 Å². The first-order valence-corrected chi connectivity index (χ1v) is 14.9. The number of nitrogens with two attached hydrogens (primary N) is 2. The van der Waals surface area contributed by atoms with E-state index in [4.69, 9.17) is 16.0 Å². The van der Waals surface area contributed by atoms with E-state index in [1.807, 2.05) is 30.3 Å². The van der Waals surface area contributed by atoms with Crippen LogP contribution in [0.25, 0.3) is 0 Å². The number of benzene rings is 2. The minimum atomic E-state index is -4.00. The van der Waals surface area contributed by atoms with Gasteiger partial charge < -0.3 is 31.7 Å². The first kappa shape index (κ1) is 33.7. The maximum absolute atomic E-state index is 13.3. The summed E-state index contributed by atoms with van der Waals surface area (Å²) in [5, 5.41) is 22.1. The Balaban J connectivity index is 0.000000493. The second kappa shape index (κ2) is 16.1. The van der Waals surface area contributed by atoms with Gasteiger partial charge in [-0.15, -0.1) is 0 Å². The fourth-order valence-corrected chi connectivity index (χ4v) is 5.14. The number of guanidine groups is 1. The predicted octanol–water partition coefficient (Wildman–Crippen LogP) is 0.732. The van der Waals surface area contributed by atoms with Crippen LogP contribution in [0.5, 0.6) is 0 Å². The quantitative estimate of drug-likeness (QED) is 0.0514. The molecule has 2 amide bonds. The third-order valence-electron chi connectivity index (χ3n) is 6.91. The molecular formula is C27H40BN5O7S. The van der Waals surface area contributed by atoms with Crippen molar-refractivity contribution in [2.75, 3.05) is 20.1 Å². The lowest BCUT2D eigenvalue weighted by Crippen LogP contribution is -2.56. The van der Waals surface area contributed by atoms with Crippen LogP contribution in [0.3, 0.4) is 0 Å². The number of hydrogen-bond acceptors (Lipinski definition) is 7. The molecule has 0 spiro atoms. The highest BCUT2D eigenvalue weighted by molar-refractivity contribution is 7.85. The fourth-order valence-electron chi connectivity index (χ4n) is 4.64. The molecule has 3 rings (SSSR count). The van der Waals surface area contributed by atoms with Crippen LogP contribution in [-0.2, 0) is 26.1 Å². The molecule has 0 aromatic heterocycles. The van der Waals surface area contributed by atoms with Gasteiger partial charge in [-0.1, -0.05) is 61.4 Å². The van der Waals surface area contributed by atoms with Gasteiger partial charge in [0, 0.05) is 20.1 Å². The Morgan fingerprint density at radius 1 is 1.05 bits per heavy atom. The molecule has 0 saturated heterocycles. The third kappa shape index (κ3) is 10.8. The number of nitrogens with one attached hydrogen (secondary N) is 1. The summed E-state index contributed by atoms with van der Waals surface area (Å²) < 4.78 is 29.2. The van der Waals surface area contributed by atoms with Gasteiger partial charge in [0.1, 0.15) is 5.41 Å². The van der Waals surface area contributed by atoms with Crippen LogP contribution in [-0.4, -0.2) is 78.9 Å². The van der Waals surface area contributed by atoms with Gasteiger partial charge in [0.15, 0.2) is 5.96 Å². The minimum Gasteiger partial charge on any atom is -0.426 e. The Morgan fingerprint density at radius 2 is 1.61 bits per heavy atom. The Morgan fingerprint density at radius 3 is 2.10 bits per heavy atom. The number of hydrogen-bond donors (Lipinski definition) is 6. The molecule has 0 heterocycles. The van der Waals surface area contributed by atoms with Crippen molar-refractivity contribution < 1.29 is 32.6 Å². The van der Waals surface area contributed by atoms with Gasteiger partial charge in [0.25, 0.3) is 10.1 Å². The zero-order valence-electron chi connectivity index (χ0n) is 23.2. The van der Waals surface area contributed by atoms with E-state index in [2.05, 4.69) is 10.3 Å². The molecule has 41 heavy (non-hydrogen) atoms. The molecule has 1 fully saturated rings. The molecule has 224 valence electrons. The van der Waals surface area contributed by atoms with E-state index in [9.17, 15) is 28.1 Å². The third-order valence-corrected chi connectivity index (χ3v) is 7.78. The normalized spacial score (nSPS) is 14.6. The largest absolute Gasteiger partial charge is 0.475 e. The summed E-state index contributed by atoms with van der Waals surface area (Å²) in [6, 6.07) is 17.3. The van der Waals surface area contributed by atoms with Gasteiger partial charge in [-0.25, -0.2) is 0 Å². The number of carbonyl (C=O) groups excluding carboxylic acids is 2. The summed E-state index contributed by atoms with van der Waals surface area (Å²) >= 11 is 0. The van der Waals surface area contributed by atoms with Crippen LogP contribution < -0.4 is 16.8 Å². The standard InChI is InChI=1S/C21H34BN5O4.C6H6O3S/c1-27(15-11-16-8-3-2-4-9-16)19(29)21(12-5-6-13-21)18(28)26-17(22(30)31)10-7-14-25-20(23)24;7-10(8,9)6-4-2-1-3-5-6/h2-4,8-9,17,30-31H,5-7,10-15H2,1H3,(H,26,28)(H4,23,24,25);1-5H,(H,7,8,9). The molecule has 1 unspecified atom stereocenters. The average molecular weight is 590 g/mol. The molecule has 1 atom stereocenters. The molecule has 12 nitrogen and oxygen atoms in total. The molecule has 0 bridgehead atoms. The van der Waals surface area contributed by atoms with Crippen LogP contribution in [0.2, 0.25) is 0 Å². The topological polar surface area (TPSA) is 209 Å². The first-order chi connectivity index (χ1) is 19.4. The van der Waals surface area contributed by atoms with Gasteiger partial charge >= 0.3 is 7.12 Å². The molecule has 1 aliphatic carbocycles. The van der Waals surface area contributed by atoms with Crippen LogP contribution >= 0.6 is 0 Å². The smallest absolute Gasteiger partial charge is 0.426 e. The van der Waals surface area contributed by atoms with Crippen molar-refractivity contribution in [1.82, 2.24) is 10.2 Å². The van der Waals surface area contributed by atoms with Crippen molar-refractivity contribution in [3.05, 3.63) is 66.2 Å². The molecule has 8 N–H and O–H groups in total. The lowest BCUT2D eigenvalue weighted by atomic mass is 9.75. The molecule has 0 radical (unpaired) electrons. The monoisotopic (exact) mass is 589 g/mol. The Bertz CT molecular complexity index is 1240. The van der Waals surface area contributed by atoms with Gasteiger partial charge in [0.05, 0.1) is 10.8 Å². The van der Waals surface area contributed by atoms with Crippen molar-refractivity contribution in [2.24, 2.45) is 21.9 Å². The molecular weight excluding hydrogens is 549 g/mol. The van der Waals surface area contributed by atoms with E-state index >= 15 is 0 Å². The van der Waals surface area contributed by atoms with Crippen molar-refractivity contribution in [1.29, 1.82) is 0 Å². The molecule has 2 aromatic carbocycles. The zero-order valence-corrected chi connectivity index (χ0v) is 24.0. The lowest BCUT2D eigenvalue weighted by molar-refractivity contribution is -0.149. The van der Waals surface area contributed by atoms with E-state index in [0.717, 1.165) is 18.4 Å². The van der Waals surface area contributed by atoms with Crippen molar-refractivity contribution in [3.63, 3.8) is 0 Å². The van der Waals surface area contributed by atoms with Crippen LogP contribution in [0.15, 0.2) is 70.6 Å². The highest BCUT2D eigenvalue weighted by atomic mass is 32.2. The lowest BCUT2D eigenvalue weighted by Gasteiger charge is -2.33. The van der Waals surface area contributed by atoms with Gasteiger partial charge in [-0.3, -0.25) is 19.1 Å². The molecule has 1 saturated carbocycles. The SMILES string of the molecule is CN(CCc1ccccc1)C(=O)C1(C(=O)NC(CCCN=C(N)N)B(O)O)CCCC1.O=S(=O)(O)c1ccccc1. The van der Waals surface area contributed by atoms with E-state index in [0.29, 0.717) is 38.8 Å². The van der Waals surface area contributed by atoms with E-state index < -0.39 is 34.5 Å². The summed E-state index contributed by atoms with van der Waals surface area (Å²) in [5.74, 6) is -1.60. The number of nitrogens with zero attached hydrogens (tertiary/aromatic N) is 2. The van der Waals surface area contributed by atoms with Crippen molar-refractivity contribution in [2.45, 2.75) is 55.8 Å². The Labute approximate surface area is 241 Å². The van der Waals surface area contributed by atoms with Crippen molar-refractivity contribution >= 4 is 35.0 Å². The molecule has 14 heteroatoms. The molecule has 0 aliphatic heterocycles. The minimum absolute atomic E-state index is 0.0424. The van der Waals surface area contributed by atoms with Gasteiger partial charge in [0.2, 0.25) is 11.8 Å². The van der Waals surface area contributed by atoms with E-state index in [1.54, 1.807) is 30.1 Å². The Kier molecular flexibility index (Phi) is 13.3. The average Bonchev–Trinajstić information content (AvgIpc) is 3.45. The highest BCUT2D eigenvalue weighted by Gasteiger charge is 2.50. The first-order valence-electron chi connectivity index (χ1n) is 13.4. The van der Waals surface area contributed by atoms with Gasteiger partial charge in [-0.05, 0) is 49.8 Å². The number of carbonyl (C=O) groups is 2. The fraction of sp³-hybridized carbons (Fsp3) is 0.444. The zero-order chi connectivity index (χ0) is 30.5. The van der Waals surface area contributed by atoms with Crippen LogP contribution in [0.1, 0.15) is 44.1 Å². The van der Waals surface area contributed by atoms with Crippen molar-refractivity contribution in [3.8, 4) is 0 Å². The number of likely N-dealkylation sites (N-methyl/N-ethyl adjacent to an activating group) is 1. The second-order valence-corrected chi connectivity index (χ2v) is 11.4. The summed E-state index contributed by atoms with van der Waals surface area (Å²) in [4.78, 5) is 31.9. The predicted molar refractivity (Wildman–Crippen MR) is 157 cm³/mol. The summed E-state index contributed by atoms with van der Waals surface area (Å²) in [7, 11) is -4.03. The van der Waals surface area contributed by atoms with E-state index in [1.165, 1.54) is 12.1 Å².